The zero-order chi connectivity index (χ0) is 18.5. The Kier molecular flexibility index (Phi) is 5.36. The summed E-state index contributed by atoms with van der Waals surface area (Å²) in [4.78, 5) is 17.6. The van der Waals surface area contributed by atoms with Crippen LogP contribution < -0.4 is 4.90 Å². The molecule has 0 atom stereocenters. The number of H-pyrrole nitrogens is 1. The molecule has 27 heavy (non-hydrogen) atoms. The van der Waals surface area contributed by atoms with Gasteiger partial charge in [-0.15, -0.1) is 0 Å². The highest BCUT2D eigenvalue weighted by atomic mass is 32.1. The molecule has 3 heterocycles. The molecule has 1 aliphatic rings. The van der Waals surface area contributed by atoms with Gasteiger partial charge in [-0.3, -0.25) is 15.0 Å². The van der Waals surface area contributed by atoms with E-state index in [-0.39, 0.29) is 0 Å². The second-order valence-electron chi connectivity index (χ2n) is 6.37. The fourth-order valence-corrected chi connectivity index (χ4v) is 3.26. The molecule has 138 valence electrons. The third kappa shape index (κ3) is 4.47. The lowest BCUT2D eigenvalue weighted by atomic mass is 10.2. The second kappa shape index (κ2) is 8.24. The highest BCUT2D eigenvalue weighted by Crippen LogP contribution is 2.12. The van der Waals surface area contributed by atoms with Crippen LogP contribution in [0.25, 0.3) is 12.2 Å². The summed E-state index contributed by atoms with van der Waals surface area (Å²) in [7, 11) is 0. The maximum absolute atomic E-state index is 5.40. The first-order chi connectivity index (χ1) is 13.3. The highest BCUT2D eigenvalue weighted by Gasteiger charge is 2.18. The Morgan fingerprint density at radius 3 is 2.59 bits per heavy atom. The number of aromatic amines is 1. The molecule has 0 bridgehead atoms. The minimum absolute atomic E-state index is 0.569. The van der Waals surface area contributed by atoms with Crippen LogP contribution in [-0.4, -0.2) is 55.8 Å². The summed E-state index contributed by atoms with van der Waals surface area (Å²) in [5.74, 6) is 1.70. The van der Waals surface area contributed by atoms with Crippen LogP contribution in [0.15, 0.2) is 48.9 Å². The van der Waals surface area contributed by atoms with Gasteiger partial charge < -0.3 is 4.90 Å². The van der Waals surface area contributed by atoms with Crippen molar-refractivity contribution in [3.63, 3.8) is 0 Å². The molecule has 1 saturated heterocycles. The SMILES string of the molecule is S=c1nc(/C=C/c2ccccc2)[nH]n1CN1CCN(c2cnccn2)CC1. The summed E-state index contributed by atoms with van der Waals surface area (Å²) in [6, 6.07) is 10.1. The van der Waals surface area contributed by atoms with Crippen molar-refractivity contribution in [3.05, 3.63) is 65.1 Å². The van der Waals surface area contributed by atoms with Crippen LogP contribution in [0.4, 0.5) is 5.82 Å². The van der Waals surface area contributed by atoms with Gasteiger partial charge in [-0.1, -0.05) is 36.4 Å². The maximum Gasteiger partial charge on any atom is 0.217 e. The number of anilines is 1. The van der Waals surface area contributed by atoms with E-state index in [4.69, 9.17) is 12.2 Å². The van der Waals surface area contributed by atoms with Gasteiger partial charge in [0.1, 0.15) is 11.6 Å². The predicted octanol–water partition coefficient (Wildman–Crippen LogP) is 2.68. The van der Waals surface area contributed by atoms with Crippen LogP contribution in [-0.2, 0) is 6.67 Å². The number of rotatable bonds is 5. The van der Waals surface area contributed by atoms with Crippen molar-refractivity contribution >= 4 is 30.2 Å². The molecule has 0 radical (unpaired) electrons. The summed E-state index contributed by atoms with van der Waals surface area (Å²) in [6.45, 7) is 4.42. The fourth-order valence-electron chi connectivity index (χ4n) is 3.06. The number of piperazine rings is 1. The number of nitrogens with one attached hydrogen (secondary N) is 1. The Hall–Kier alpha value is -2.84. The molecule has 3 aromatic rings. The smallest absolute Gasteiger partial charge is 0.217 e. The van der Waals surface area contributed by atoms with Crippen LogP contribution in [0.2, 0.25) is 0 Å². The zero-order valence-corrected chi connectivity index (χ0v) is 15.7. The molecule has 1 fully saturated rings. The van der Waals surface area contributed by atoms with Crippen molar-refractivity contribution in [2.45, 2.75) is 6.67 Å². The summed E-state index contributed by atoms with van der Waals surface area (Å²) in [5.41, 5.74) is 1.13. The molecular weight excluding hydrogens is 358 g/mol. The van der Waals surface area contributed by atoms with Crippen LogP contribution >= 0.6 is 12.2 Å². The van der Waals surface area contributed by atoms with Crippen molar-refractivity contribution in [1.82, 2.24) is 29.6 Å². The lowest BCUT2D eigenvalue weighted by Crippen LogP contribution is -2.47. The van der Waals surface area contributed by atoms with Gasteiger partial charge in [0.25, 0.3) is 0 Å². The molecule has 0 amide bonds. The first kappa shape index (κ1) is 17.6. The Balaban J connectivity index is 1.36. The van der Waals surface area contributed by atoms with E-state index in [0.717, 1.165) is 43.4 Å². The number of benzene rings is 1. The van der Waals surface area contributed by atoms with Gasteiger partial charge in [-0.05, 0) is 23.9 Å². The molecule has 0 saturated carbocycles. The first-order valence-electron chi connectivity index (χ1n) is 8.91. The van der Waals surface area contributed by atoms with Crippen molar-refractivity contribution in [1.29, 1.82) is 0 Å². The molecule has 1 aliphatic heterocycles. The molecule has 7 nitrogen and oxygen atoms in total. The summed E-state index contributed by atoms with van der Waals surface area (Å²) < 4.78 is 2.48. The van der Waals surface area contributed by atoms with Gasteiger partial charge >= 0.3 is 0 Å². The molecule has 1 aromatic carbocycles. The van der Waals surface area contributed by atoms with E-state index in [1.54, 1.807) is 12.4 Å². The second-order valence-corrected chi connectivity index (χ2v) is 6.74. The molecule has 0 unspecified atom stereocenters. The van der Waals surface area contributed by atoms with E-state index in [0.29, 0.717) is 11.4 Å². The zero-order valence-electron chi connectivity index (χ0n) is 14.9. The van der Waals surface area contributed by atoms with Crippen LogP contribution in [0.5, 0.6) is 0 Å². The third-order valence-corrected chi connectivity index (χ3v) is 4.83. The third-order valence-electron chi connectivity index (χ3n) is 4.52. The Bertz CT molecular complexity index is 941. The largest absolute Gasteiger partial charge is 0.353 e. The summed E-state index contributed by atoms with van der Waals surface area (Å²) in [6.07, 6.45) is 9.22. The minimum Gasteiger partial charge on any atom is -0.353 e. The topological polar surface area (TPSA) is 65.9 Å². The predicted molar refractivity (Wildman–Crippen MR) is 109 cm³/mol. The van der Waals surface area contributed by atoms with Gasteiger partial charge in [0.15, 0.2) is 0 Å². The molecule has 1 N–H and O–H groups in total. The summed E-state index contributed by atoms with van der Waals surface area (Å²) in [5, 5.41) is 3.28. The van der Waals surface area contributed by atoms with Crippen molar-refractivity contribution < 1.29 is 0 Å². The van der Waals surface area contributed by atoms with E-state index in [1.165, 1.54) is 0 Å². The lowest BCUT2D eigenvalue weighted by Gasteiger charge is -2.34. The van der Waals surface area contributed by atoms with Crippen LogP contribution in [0, 0.1) is 4.77 Å². The number of hydrogen-bond donors (Lipinski definition) is 1. The van der Waals surface area contributed by atoms with Crippen molar-refractivity contribution in [2.24, 2.45) is 0 Å². The molecule has 0 spiro atoms. The van der Waals surface area contributed by atoms with E-state index in [1.807, 2.05) is 41.2 Å². The van der Waals surface area contributed by atoms with Gasteiger partial charge in [0.2, 0.25) is 4.77 Å². The minimum atomic E-state index is 0.569. The number of nitrogens with zero attached hydrogens (tertiary/aromatic N) is 6. The van der Waals surface area contributed by atoms with Crippen molar-refractivity contribution in [3.8, 4) is 0 Å². The van der Waals surface area contributed by atoms with E-state index < -0.39 is 0 Å². The maximum atomic E-state index is 5.40. The molecule has 0 aliphatic carbocycles. The van der Waals surface area contributed by atoms with E-state index in [9.17, 15) is 0 Å². The van der Waals surface area contributed by atoms with E-state index >= 15 is 0 Å². The van der Waals surface area contributed by atoms with Gasteiger partial charge in [-0.25, -0.2) is 9.67 Å². The van der Waals surface area contributed by atoms with Gasteiger partial charge in [0, 0.05) is 38.6 Å². The molecule has 8 heteroatoms. The molecular formula is C19H21N7S. The molecule has 2 aromatic heterocycles. The quantitative estimate of drug-likeness (QED) is 0.688. The molecule has 4 rings (SSSR count). The average Bonchev–Trinajstić information content (AvgIpc) is 3.08. The van der Waals surface area contributed by atoms with Gasteiger partial charge in [0.05, 0.1) is 12.9 Å². The average molecular weight is 379 g/mol. The Labute approximate surface area is 163 Å². The van der Waals surface area contributed by atoms with Gasteiger partial charge in [-0.2, -0.15) is 4.98 Å². The standard InChI is InChI=1S/C19H21N7S/c27-19-22-17(7-6-16-4-2-1-3-5-16)23-26(19)15-24-10-12-25(13-11-24)18-14-20-8-9-21-18/h1-9,14H,10-13,15H2,(H,22,23,27)/b7-6+. The Morgan fingerprint density at radius 2 is 1.85 bits per heavy atom. The van der Waals surface area contributed by atoms with E-state index in [2.05, 4.69) is 42.0 Å². The Morgan fingerprint density at radius 1 is 1.04 bits per heavy atom. The number of hydrogen-bond acceptors (Lipinski definition) is 6. The normalized spacial score (nSPS) is 15.5. The highest BCUT2D eigenvalue weighted by molar-refractivity contribution is 7.71. The summed E-state index contributed by atoms with van der Waals surface area (Å²) >= 11 is 5.40. The lowest BCUT2D eigenvalue weighted by molar-refractivity contribution is 0.194. The monoisotopic (exact) mass is 379 g/mol. The fraction of sp³-hybridized carbons (Fsp3) is 0.263. The van der Waals surface area contributed by atoms with Crippen LogP contribution in [0.1, 0.15) is 11.4 Å². The first-order valence-corrected chi connectivity index (χ1v) is 9.32. The van der Waals surface area contributed by atoms with Crippen LogP contribution in [0.3, 0.4) is 0 Å². The number of aromatic nitrogens is 5. The van der Waals surface area contributed by atoms with Crippen molar-refractivity contribution in [2.75, 3.05) is 31.1 Å².